The van der Waals surface area contributed by atoms with Crippen LogP contribution in [0.15, 0.2) is 30.4 Å². The minimum Gasteiger partial charge on any atom is -0.479 e. The van der Waals surface area contributed by atoms with Gasteiger partial charge in [-0.25, -0.2) is 4.79 Å². The molecule has 2 fully saturated rings. The van der Waals surface area contributed by atoms with Gasteiger partial charge in [-0.15, -0.1) is 0 Å². The third-order valence-corrected chi connectivity index (χ3v) is 9.17. The van der Waals surface area contributed by atoms with Gasteiger partial charge in [-0.1, -0.05) is 12.1 Å². The molecule has 52 heavy (non-hydrogen) atoms. The van der Waals surface area contributed by atoms with Gasteiger partial charge in [0, 0.05) is 44.0 Å². The Morgan fingerprint density at radius 2 is 1.77 bits per heavy atom. The number of carbonyl (C=O) groups excluding carboxylic acids is 5. The van der Waals surface area contributed by atoms with Crippen molar-refractivity contribution in [3.8, 4) is 5.75 Å². The van der Waals surface area contributed by atoms with Gasteiger partial charge in [0.2, 0.25) is 18.1 Å². The number of carbonyl (C=O) groups is 6. The molecule has 20 heteroatoms. The highest BCUT2D eigenvalue weighted by molar-refractivity contribution is 7.85. The number of carboxylic acids is 1. The number of aliphatic carboxylic acids is 1. The number of carboxylic acid groups (broad SMARTS) is 1. The van der Waals surface area contributed by atoms with E-state index in [0.29, 0.717) is 24.8 Å². The summed E-state index contributed by atoms with van der Waals surface area (Å²) < 4.78 is 52.5. The number of hydrogen-bond donors (Lipinski definition) is 5. The van der Waals surface area contributed by atoms with Gasteiger partial charge in [-0.3, -0.25) is 33.4 Å². The summed E-state index contributed by atoms with van der Waals surface area (Å²) in [6, 6.07) is 3.02. The van der Waals surface area contributed by atoms with Gasteiger partial charge in [-0.05, 0) is 30.9 Å². The Labute approximate surface area is 298 Å². The highest BCUT2D eigenvalue weighted by Crippen LogP contribution is 2.29. The Morgan fingerprint density at radius 3 is 2.42 bits per heavy atom. The lowest BCUT2D eigenvalue weighted by Gasteiger charge is -2.35. The van der Waals surface area contributed by atoms with E-state index in [2.05, 4.69) is 5.32 Å². The van der Waals surface area contributed by atoms with Crippen LogP contribution in [-0.2, 0) is 66.1 Å². The van der Waals surface area contributed by atoms with Crippen molar-refractivity contribution in [2.75, 3.05) is 32.1 Å². The largest absolute Gasteiger partial charge is 0.479 e. The molecule has 3 aliphatic heterocycles. The summed E-state index contributed by atoms with van der Waals surface area (Å²) in [5, 5.41) is 32.6. The number of aryl methyl sites for hydroxylation is 1. The van der Waals surface area contributed by atoms with Crippen LogP contribution in [0.3, 0.4) is 0 Å². The van der Waals surface area contributed by atoms with Gasteiger partial charge in [-0.2, -0.15) is 8.42 Å². The van der Waals surface area contributed by atoms with Crippen LogP contribution >= 0.6 is 0 Å². The molecule has 3 aliphatic rings. The molecule has 0 aliphatic carbocycles. The monoisotopic (exact) mass is 755 g/mol. The minimum atomic E-state index is -4.30. The van der Waals surface area contributed by atoms with Crippen LogP contribution in [0.4, 0.5) is 0 Å². The number of aliphatic hydroxyl groups is 2. The van der Waals surface area contributed by atoms with E-state index in [-0.39, 0.29) is 45.0 Å². The zero-order valence-electron chi connectivity index (χ0n) is 28.1. The molecule has 0 radical (unpaired) electrons. The first-order valence-corrected chi connectivity index (χ1v) is 18.0. The molecule has 0 spiro atoms. The smallest absolute Gasteiger partial charge is 0.333 e. The van der Waals surface area contributed by atoms with Crippen molar-refractivity contribution < 1.29 is 76.0 Å². The van der Waals surface area contributed by atoms with E-state index in [1.807, 2.05) is 0 Å². The third-order valence-electron chi connectivity index (χ3n) is 8.49. The summed E-state index contributed by atoms with van der Waals surface area (Å²) in [6.07, 6.45) is -2.75. The zero-order valence-corrected chi connectivity index (χ0v) is 28.9. The molecule has 0 unspecified atom stereocenters. The molecule has 19 nitrogen and oxygen atoms in total. The number of hydrogen-bond acceptors (Lipinski definition) is 14. The van der Waals surface area contributed by atoms with Crippen molar-refractivity contribution in [1.29, 1.82) is 0 Å². The first kappa shape index (κ1) is 40.3. The Bertz CT molecular complexity index is 1650. The number of benzene rings is 1. The minimum absolute atomic E-state index is 0.0466. The number of esters is 1. The molecule has 3 heterocycles. The number of amides is 4. The van der Waals surface area contributed by atoms with Crippen LogP contribution in [0.25, 0.3) is 0 Å². The van der Waals surface area contributed by atoms with Gasteiger partial charge < -0.3 is 44.5 Å². The fourth-order valence-corrected chi connectivity index (χ4v) is 6.14. The lowest BCUT2D eigenvalue weighted by Crippen LogP contribution is -2.52. The van der Waals surface area contributed by atoms with Crippen LogP contribution in [0.5, 0.6) is 5.75 Å². The van der Waals surface area contributed by atoms with Gasteiger partial charge in [0.05, 0.1) is 37.7 Å². The molecule has 1 aromatic carbocycles. The van der Waals surface area contributed by atoms with E-state index in [1.165, 1.54) is 6.92 Å². The molecule has 286 valence electrons. The quantitative estimate of drug-likeness (QED) is 0.0483. The number of rotatable bonds is 18. The Balaban J connectivity index is 1.32. The van der Waals surface area contributed by atoms with Crippen LogP contribution in [0, 0.1) is 0 Å². The van der Waals surface area contributed by atoms with Crippen molar-refractivity contribution in [3.05, 3.63) is 41.5 Å². The number of nitrogens with one attached hydrogen (secondary N) is 1. The Hall–Kier alpha value is -4.47. The zero-order chi connectivity index (χ0) is 38.2. The summed E-state index contributed by atoms with van der Waals surface area (Å²) in [4.78, 5) is 75.5. The van der Waals surface area contributed by atoms with Gasteiger partial charge >= 0.3 is 11.9 Å². The second-order valence-electron chi connectivity index (χ2n) is 12.4. The van der Waals surface area contributed by atoms with Gasteiger partial charge in [0.15, 0.2) is 6.10 Å². The summed E-state index contributed by atoms with van der Waals surface area (Å²) in [5.74, 6) is -5.00. The van der Waals surface area contributed by atoms with Crippen LogP contribution in [-0.4, -0.2) is 142 Å². The molecular formula is C32H41N3O16S. The van der Waals surface area contributed by atoms with Crippen LogP contribution < -0.4 is 10.1 Å². The normalized spacial score (nSPS) is 24.7. The fourth-order valence-electron chi connectivity index (χ4n) is 5.82. The van der Waals surface area contributed by atoms with Gasteiger partial charge in [0.25, 0.3) is 21.9 Å². The molecule has 1 aromatic rings. The lowest BCUT2D eigenvalue weighted by atomic mass is 10.0. The number of nitrogens with zero attached hydrogens (tertiary/aromatic N) is 2. The van der Waals surface area contributed by atoms with Crippen molar-refractivity contribution in [1.82, 2.24) is 15.1 Å². The van der Waals surface area contributed by atoms with E-state index in [0.717, 1.165) is 27.5 Å². The van der Waals surface area contributed by atoms with Crippen molar-refractivity contribution in [2.45, 2.75) is 82.3 Å². The van der Waals surface area contributed by atoms with E-state index in [4.69, 9.17) is 23.5 Å². The van der Waals surface area contributed by atoms with Crippen molar-refractivity contribution in [2.24, 2.45) is 0 Å². The Kier molecular flexibility index (Phi) is 13.8. The van der Waals surface area contributed by atoms with E-state index in [1.54, 1.807) is 18.2 Å². The van der Waals surface area contributed by atoms with Gasteiger partial charge in [0.1, 0.15) is 24.5 Å². The topological polar surface area (TPSA) is 273 Å². The number of aliphatic hydroxyl groups excluding tert-OH is 2. The molecule has 0 bridgehead atoms. The van der Waals surface area contributed by atoms with E-state index < -0.39 is 94.7 Å². The predicted molar refractivity (Wildman–Crippen MR) is 174 cm³/mol. The SMILES string of the molecule is CC(=O)OCc1ccc(CCCCNC(=O)CN2C(=O)[C@@H](N3C(=O)C=CC3=O)C[C@H]2COCCS(=O)(=O)O)cc1O[C@@H]1O[C@H](C(=O)O)C[C@H](O)[C@H]1O. The maximum Gasteiger partial charge on any atom is 0.333 e. The second-order valence-corrected chi connectivity index (χ2v) is 14.0. The maximum absolute atomic E-state index is 13.3. The standard InChI is InChI=1S/C32H41N3O16S/c1-18(36)49-16-20-6-5-19(12-24(20)50-32-29(41)23(37)14-25(51-32)31(43)44)4-2-3-9-33-26(38)15-34-21(17-48-10-11-52(45,46)47)13-22(30(34)42)35-27(39)7-8-28(35)40/h5-8,12,21-23,25,29,32,37,41H,2-4,9-11,13-17H2,1H3,(H,33,38)(H,43,44)(H,45,46,47)/t21-,22-,23-,25-,29+,32+/m0/s1. The first-order chi connectivity index (χ1) is 24.5. The van der Waals surface area contributed by atoms with Crippen LogP contribution in [0.2, 0.25) is 0 Å². The molecule has 2 saturated heterocycles. The van der Waals surface area contributed by atoms with E-state index >= 15 is 0 Å². The number of ether oxygens (including phenoxy) is 4. The predicted octanol–water partition coefficient (Wildman–Crippen LogP) is -1.71. The molecule has 0 saturated carbocycles. The molecule has 0 aromatic heterocycles. The molecule has 6 atom stereocenters. The van der Waals surface area contributed by atoms with Crippen molar-refractivity contribution >= 4 is 45.7 Å². The lowest BCUT2D eigenvalue weighted by molar-refractivity contribution is -0.238. The molecule has 5 N–H and O–H groups in total. The summed E-state index contributed by atoms with van der Waals surface area (Å²) in [6.45, 7) is 0.205. The Morgan fingerprint density at radius 1 is 1.06 bits per heavy atom. The fraction of sp³-hybridized carbons (Fsp3) is 0.562. The first-order valence-electron chi connectivity index (χ1n) is 16.4. The summed E-state index contributed by atoms with van der Waals surface area (Å²) in [5.41, 5.74) is 1.13. The number of imide groups is 1. The number of likely N-dealkylation sites (tertiary alicyclic amines) is 1. The molecule has 4 amide bonds. The summed E-state index contributed by atoms with van der Waals surface area (Å²) in [7, 11) is -4.30. The van der Waals surface area contributed by atoms with Crippen molar-refractivity contribution in [3.63, 3.8) is 0 Å². The average Bonchev–Trinajstić information content (AvgIpc) is 3.55. The average molecular weight is 756 g/mol. The summed E-state index contributed by atoms with van der Waals surface area (Å²) >= 11 is 0. The van der Waals surface area contributed by atoms with E-state index in [9.17, 15) is 52.5 Å². The molecular weight excluding hydrogens is 714 g/mol. The third kappa shape index (κ3) is 11.0. The highest BCUT2D eigenvalue weighted by Gasteiger charge is 2.47. The van der Waals surface area contributed by atoms with Crippen LogP contribution in [0.1, 0.15) is 43.7 Å². The number of unbranched alkanes of at least 4 members (excludes halogenated alkanes) is 1. The highest BCUT2D eigenvalue weighted by atomic mass is 32.2. The second kappa shape index (κ2) is 17.8. The maximum atomic E-state index is 13.3. The molecule has 4 rings (SSSR count).